The first-order valence-corrected chi connectivity index (χ1v) is 5.63. The highest BCUT2D eigenvalue weighted by Crippen LogP contribution is 2.32. The molecule has 2 rings (SSSR count). The molecule has 0 atom stereocenters. The second-order valence-electron chi connectivity index (χ2n) is 3.93. The Labute approximate surface area is 99.9 Å². The molecule has 1 aliphatic rings. The maximum atomic E-state index is 10.5. The van der Waals surface area contributed by atoms with Crippen LogP contribution in [0.15, 0.2) is 18.2 Å². The molecule has 0 bridgehead atoms. The Morgan fingerprint density at radius 3 is 3.00 bits per heavy atom. The fourth-order valence-corrected chi connectivity index (χ4v) is 1.67. The normalized spacial score (nSPS) is 12.7. The summed E-state index contributed by atoms with van der Waals surface area (Å²) in [6.07, 6.45) is 1.19. The third kappa shape index (κ3) is 3.35. The van der Waals surface area contributed by atoms with E-state index in [9.17, 15) is 4.79 Å². The lowest BCUT2D eigenvalue weighted by Gasteiger charge is -2.05. The molecule has 1 aromatic carbocycles. The van der Waals surface area contributed by atoms with Crippen molar-refractivity contribution >= 4 is 5.91 Å². The van der Waals surface area contributed by atoms with Crippen molar-refractivity contribution < 1.29 is 14.3 Å². The molecule has 3 N–H and O–H groups in total. The minimum atomic E-state index is -0.255. The standard InChI is InChI=1S/C12H16N2O3/c13-12(15)2-1-5-14-7-9-3-4-10-11(6-9)17-8-16-10/h3-4,6,14H,1-2,5,7-8H2,(H2,13,15). The van der Waals surface area contributed by atoms with Crippen LogP contribution in [0.4, 0.5) is 0 Å². The Kier molecular flexibility index (Phi) is 3.82. The van der Waals surface area contributed by atoms with E-state index in [-0.39, 0.29) is 5.91 Å². The van der Waals surface area contributed by atoms with E-state index in [2.05, 4.69) is 5.32 Å². The number of rotatable bonds is 6. The van der Waals surface area contributed by atoms with Crippen LogP contribution in [0.1, 0.15) is 18.4 Å². The number of hydrogen-bond donors (Lipinski definition) is 2. The number of carbonyl (C=O) groups excluding carboxylic acids is 1. The molecule has 0 saturated heterocycles. The molecule has 0 saturated carbocycles. The number of amides is 1. The maximum Gasteiger partial charge on any atom is 0.231 e. The molecule has 1 heterocycles. The second kappa shape index (κ2) is 5.54. The Morgan fingerprint density at radius 2 is 2.18 bits per heavy atom. The molecule has 1 aliphatic heterocycles. The average Bonchev–Trinajstić information content (AvgIpc) is 2.75. The van der Waals surface area contributed by atoms with Crippen molar-refractivity contribution in [2.45, 2.75) is 19.4 Å². The van der Waals surface area contributed by atoms with E-state index in [4.69, 9.17) is 15.2 Å². The first-order chi connectivity index (χ1) is 8.25. The number of fused-ring (bicyclic) bond motifs is 1. The van der Waals surface area contributed by atoms with E-state index in [1.54, 1.807) is 0 Å². The number of benzene rings is 1. The lowest BCUT2D eigenvalue weighted by atomic mass is 10.2. The van der Waals surface area contributed by atoms with Gasteiger partial charge in [-0.3, -0.25) is 4.79 Å². The summed E-state index contributed by atoms with van der Waals surface area (Å²) in [6, 6.07) is 5.86. The van der Waals surface area contributed by atoms with Gasteiger partial charge in [-0.1, -0.05) is 6.07 Å². The zero-order valence-corrected chi connectivity index (χ0v) is 9.57. The van der Waals surface area contributed by atoms with Crippen molar-refractivity contribution in [1.82, 2.24) is 5.32 Å². The van der Waals surface area contributed by atoms with Gasteiger partial charge in [0, 0.05) is 13.0 Å². The van der Waals surface area contributed by atoms with Crippen molar-refractivity contribution in [3.63, 3.8) is 0 Å². The topological polar surface area (TPSA) is 73.6 Å². The van der Waals surface area contributed by atoms with Crippen LogP contribution in [0.25, 0.3) is 0 Å². The highest BCUT2D eigenvalue weighted by molar-refractivity contribution is 5.73. The number of carbonyl (C=O) groups is 1. The van der Waals surface area contributed by atoms with Gasteiger partial charge < -0.3 is 20.5 Å². The van der Waals surface area contributed by atoms with Gasteiger partial charge in [0.2, 0.25) is 12.7 Å². The molecule has 1 aromatic rings. The summed E-state index contributed by atoms with van der Waals surface area (Å²) >= 11 is 0. The van der Waals surface area contributed by atoms with Crippen molar-refractivity contribution in [3.8, 4) is 11.5 Å². The molecule has 5 nitrogen and oxygen atoms in total. The molecule has 0 aromatic heterocycles. The summed E-state index contributed by atoms with van der Waals surface area (Å²) in [5.74, 6) is 1.33. The van der Waals surface area contributed by atoms with Gasteiger partial charge in [0.05, 0.1) is 0 Å². The first-order valence-electron chi connectivity index (χ1n) is 5.63. The Balaban J connectivity index is 1.74. The number of ether oxygens (including phenoxy) is 2. The van der Waals surface area contributed by atoms with E-state index in [0.717, 1.165) is 36.6 Å². The smallest absolute Gasteiger partial charge is 0.231 e. The van der Waals surface area contributed by atoms with Crippen molar-refractivity contribution in [2.24, 2.45) is 5.73 Å². The van der Waals surface area contributed by atoms with Gasteiger partial charge in [-0.05, 0) is 30.7 Å². The molecule has 0 aliphatic carbocycles. The van der Waals surface area contributed by atoms with Crippen LogP contribution < -0.4 is 20.5 Å². The van der Waals surface area contributed by atoms with E-state index < -0.39 is 0 Å². The Hall–Kier alpha value is -1.75. The summed E-state index contributed by atoms with van der Waals surface area (Å²) in [6.45, 7) is 1.82. The number of nitrogens with two attached hydrogens (primary N) is 1. The molecular formula is C12H16N2O3. The van der Waals surface area contributed by atoms with E-state index in [1.165, 1.54) is 0 Å². The highest BCUT2D eigenvalue weighted by Gasteiger charge is 2.12. The lowest BCUT2D eigenvalue weighted by molar-refractivity contribution is -0.118. The van der Waals surface area contributed by atoms with Crippen LogP contribution in [0, 0.1) is 0 Å². The SMILES string of the molecule is NC(=O)CCCNCc1ccc2c(c1)OCO2. The maximum absolute atomic E-state index is 10.5. The van der Waals surface area contributed by atoms with Crippen LogP contribution in [0.2, 0.25) is 0 Å². The third-order valence-corrected chi connectivity index (χ3v) is 2.54. The molecule has 17 heavy (non-hydrogen) atoms. The van der Waals surface area contributed by atoms with Crippen LogP contribution in [-0.4, -0.2) is 19.2 Å². The molecule has 0 unspecified atom stereocenters. The Bertz CT molecular complexity index is 407. The number of nitrogens with one attached hydrogen (secondary N) is 1. The fraction of sp³-hybridized carbons (Fsp3) is 0.417. The highest BCUT2D eigenvalue weighted by atomic mass is 16.7. The van der Waals surface area contributed by atoms with Gasteiger partial charge in [0.25, 0.3) is 0 Å². The van der Waals surface area contributed by atoms with E-state index in [0.29, 0.717) is 13.2 Å². The number of hydrogen-bond acceptors (Lipinski definition) is 4. The molecule has 0 radical (unpaired) electrons. The molecular weight excluding hydrogens is 220 g/mol. The number of primary amides is 1. The van der Waals surface area contributed by atoms with Crippen molar-refractivity contribution in [2.75, 3.05) is 13.3 Å². The van der Waals surface area contributed by atoms with E-state index >= 15 is 0 Å². The van der Waals surface area contributed by atoms with Crippen molar-refractivity contribution in [1.29, 1.82) is 0 Å². The zero-order chi connectivity index (χ0) is 12.1. The molecule has 92 valence electrons. The average molecular weight is 236 g/mol. The summed E-state index contributed by atoms with van der Waals surface area (Å²) in [5, 5.41) is 3.24. The first kappa shape index (κ1) is 11.7. The lowest BCUT2D eigenvalue weighted by Crippen LogP contribution is -2.18. The zero-order valence-electron chi connectivity index (χ0n) is 9.57. The molecule has 5 heteroatoms. The summed E-state index contributed by atoms with van der Waals surface area (Å²) in [7, 11) is 0. The van der Waals surface area contributed by atoms with E-state index in [1.807, 2.05) is 18.2 Å². The monoisotopic (exact) mass is 236 g/mol. The summed E-state index contributed by atoms with van der Waals surface area (Å²) in [4.78, 5) is 10.5. The fourth-order valence-electron chi connectivity index (χ4n) is 1.67. The predicted octanol–water partition coefficient (Wildman–Crippen LogP) is 0.770. The van der Waals surface area contributed by atoms with Gasteiger partial charge in [-0.2, -0.15) is 0 Å². The predicted molar refractivity (Wildman–Crippen MR) is 62.7 cm³/mol. The van der Waals surface area contributed by atoms with Gasteiger partial charge in [-0.15, -0.1) is 0 Å². The van der Waals surface area contributed by atoms with Gasteiger partial charge >= 0.3 is 0 Å². The summed E-state index contributed by atoms with van der Waals surface area (Å²) in [5.41, 5.74) is 6.18. The quantitative estimate of drug-likeness (QED) is 0.715. The van der Waals surface area contributed by atoms with Crippen molar-refractivity contribution in [3.05, 3.63) is 23.8 Å². The molecule has 0 spiro atoms. The third-order valence-electron chi connectivity index (χ3n) is 2.54. The van der Waals surface area contributed by atoms with Crippen LogP contribution in [0.5, 0.6) is 11.5 Å². The molecule has 0 fully saturated rings. The van der Waals surface area contributed by atoms with Crippen LogP contribution in [-0.2, 0) is 11.3 Å². The van der Waals surface area contributed by atoms with Crippen LogP contribution in [0.3, 0.4) is 0 Å². The Morgan fingerprint density at radius 1 is 1.35 bits per heavy atom. The van der Waals surface area contributed by atoms with Gasteiger partial charge in [0.15, 0.2) is 11.5 Å². The minimum absolute atomic E-state index is 0.255. The summed E-state index contributed by atoms with van der Waals surface area (Å²) < 4.78 is 10.5. The molecule has 1 amide bonds. The second-order valence-corrected chi connectivity index (χ2v) is 3.93. The largest absolute Gasteiger partial charge is 0.454 e. The van der Waals surface area contributed by atoms with Crippen LogP contribution >= 0.6 is 0 Å². The van der Waals surface area contributed by atoms with Gasteiger partial charge in [0.1, 0.15) is 0 Å². The van der Waals surface area contributed by atoms with Gasteiger partial charge in [-0.25, -0.2) is 0 Å². The minimum Gasteiger partial charge on any atom is -0.454 e.